The third kappa shape index (κ3) is 2.09. The fraction of sp³-hybridized carbons (Fsp3) is 0.667. The SMILES string of the molecule is C[CH+]C[Si]. The Morgan fingerprint density at radius 2 is 2.25 bits per heavy atom. The Hall–Kier alpha value is 0.0869. The van der Waals surface area contributed by atoms with Gasteiger partial charge < -0.3 is 0 Å². The van der Waals surface area contributed by atoms with E-state index in [0.717, 1.165) is 6.04 Å². The molecule has 0 aromatic heterocycles. The lowest BCUT2D eigenvalue weighted by Gasteiger charge is -1.55. The molecule has 0 nitrogen and oxygen atoms in total. The lowest BCUT2D eigenvalue weighted by Crippen LogP contribution is -1.57. The molecule has 4 heavy (non-hydrogen) atoms. The maximum atomic E-state index is 3.23. The van der Waals surface area contributed by atoms with Gasteiger partial charge in [-0.2, -0.15) is 0 Å². The van der Waals surface area contributed by atoms with Gasteiger partial charge in [-0.1, -0.05) is 0 Å². The van der Waals surface area contributed by atoms with Gasteiger partial charge in [-0.15, -0.1) is 0 Å². The summed E-state index contributed by atoms with van der Waals surface area (Å²) in [4.78, 5) is 0. The first-order valence-corrected chi connectivity index (χ1v) is 2.05. The van der Waals surface area contributed by atoms with E-state index in [4.69, 9.17) is 0 Å². The first-order valence-electron chi connectivity index (χ1n) is 1.34. The van der Waals surface area contributed by atoms with Gasteiger partial charge in [0.2, 0.25) is 0 Å². The van der Waals surface area contributed by atoms with E-state index < -0.39 is 0 Å². The molecule has 3 radical (unpaired) electrons. The summed E-state index contributed by atoms with van der Waals surface area (Å²) in [6.45, 7) is 2.01. The van der Waals surface area contributed by atoms with E-state index in [1.165, 1.54) is 0 Å². The van der Waals surface area contributed by atoms with Crippen LogP contribution in [0.4, 0.5) is 0 Å². The molecular formula is C3H6Si+. The Kier molecular flexibility index (Phi) is 3.15. The number of hydrogen-bond acceptors (Lipinski definition) is 0. The summed E-state index contributed by atoms with van der Waals surface area (Å²) in [5.74, 6) is 0. The van der Waals surface area contributed by atoms with Crippen LogP contribution in [-0.4, -0.2) is 10.2 Å². The Labute approximate surface area is 30.6 Å². The fourth-order valence-electron chi connectivity index (χ4n) is 0. The van der Waals surface area contributed by atoms with Crippen LogP contribution in [0.5, 0.6) is 0 Å². The van der Waals surface area contributed by atoms with Crippen molar-refractivity contribution in [2.45, 2.75) is 13.0 Å². The van der Waals surface area contributed by atoms with Crippen LogP contribution < -0.4 is 0 Å². The molecule has 0 N–H and O–H groups in total. The Balaban J connectivity index is 1.97. The van der Waals surface area contributed by atoms with E-state index in [1.807, 2.05) is 13.3 Å². The molecule has 0 heterocycles. The summed E-state index contributed by atoms with van der Waals surface area (Å²) in [5.41, 5.74) is 0. The average molecular weight is 70.2 g/mol. The van der Waals surface area contributed by atoms with E-state index in [-0.39, 0.29) is 0 Å². The van der Waals surface area contributed by atoms with Crippen molar-refractivity contribution in [3.8, 4) is 0 Å². The second kappa shape index (κ2) is 3.09. The van der Waals surface area contributed by atoms with E-state index in [9.17, 15) is 0 Å². The molecule has 0 rings (SSSR count). The molecule has 0 aromatic rings. The zero-order valence-electron chi connectivity index (χ0n) is 2.78. The minimum atomic E-state index is 1.00. The van der Waals surface area contributed by atoms with Crippen LogP contribution in [0.3, 0.4) is 0 Å². The Morgan fingerprint density at radius 1 is 2.00 bits per heavy atom. The normalized spacial score (nSPS) is 6.50. The van der Waals surface area contributed by atoms with Crippen molar-refractivity contribution in [2.24, 2.45) is 0 Å². The summed E-state index contributed by atoms with van der Waals surface area (Å²) in [7, 11) is 3.23. The summed E-state index contributed by atoms with van der Waals surface area (Å²) >= 11 is 0. The second-order valence-corrected chi connectivity index (χ2v) is 1.02. The molecule has 21 valence electrons. The monoisotopic (exact) mass is 70.0 g/mol. The largest absolute Gasteiger partial charge is 0.0902 e. The lowest BCUT2D eigenvalue weighted by molar-refractivity contribution is 1.40. The molecule has 0 saturated carbocycles. The molecule has 0 atom stereocenters. The fourth-order valence-corrected chi connectivity index (χ4v) is 0. The van der Waals surface area contributed by atoms with Crippen LogP contribution in [0.2, 0.25) is 6.04 Å². The predicted molar refractivity (Wildman–Crippen MR) is 20.5 cm³/mol. The summed E-state index contributed by atoms with van der Waals surface area (Å²) in [6.07, 6.45) is 2.04. The van der Waals surface area contributed by atoms with E-state index in [0.29, 0.717) is 0 Å². The highest BCUT2D eigenvalue weighted by Crippen LogP contribution is 1.71. The maximum Gasteiger partial charge on any atom is 0.0902 e. The summed E-state index contributed by atoms with van der Waals surface area (Å²) < 4.78 is 0. The molecule has 0 spiro atoms. The topological polar surface area (TPSA) is 0 Å². The summed E-state index contributed by atoms with van der Waals surface area (Å²) in [6, 6.07) is 1.00. The van der Waals surface area contributed by atoms with Crippen LogP contribution in [0, 0.1) is 6.42 Å². The number of hydrogen-bond donors (Lipinski definition) is 0. The van der Waals surface area contributed by atoms with Gasteiger partial charge in [-0.05, 0) is 0 Å². The minimum Gasteiger partial charge on any atom is 0.0675 e. The highest BCUT2D eigenvalue weighted by Gasteiger charge is 1.69. The first kappa shape index (κ1) is 4.09. The van der Waals surface area contributed by atoms with Crippen molar-refractivity contribution in [1.82, 2.24) is 0 Å². The van der Waals surface area contributed by atoms with E-state index in [2.05, 4.69) is 10.2 Å². The standard InChI is InChI=1S/C3H6Si/c1-2-3-4/h2H,3H2,1H3/q+1. The van der Waals surface area contributed by atoms with Crippen molar-refractivity contribution in [2.75, 3.05) is 0 Å². The zero-order valence-corrected chi connectivity index (χ0v) is 3.78. The first-order chi connectivity index (χ1) is 1.91. The smallest absolute Gasteiger partial charge is 0.0675 e. The molecule has 0 aromatic carbocycles. The molecule has 0 fully saturated rings. The molecule has 1 heteroatoms. The van der Waals surface area contributed by atoms with Crippen LogP contribution in [0.15, 0.2) is 0 Å². The minimum absolute atomic E-state index is 1.00. The third-order valence-electron chi connectivity index (χ3n) is 0.204. The van der Waals surface area contributed by atoms with Crippen molar-refractivity contribution in [3.63, 3.8) is 0 Å². The third-order valence-corrected chi connectivity index (χ3v) is 0.612. The molecular weight excluding hydrogens is 64.1 g/mol. The summed E-state index contributed by atoms with van der Waals surface area (Å²) in [5, 5.41) is 0. The van der Waals surface area contributed by atoms with Crippen LogP contribution in [-0.2, 0) is 0 Å². The van der Waals surface area contributed by atoms with Crippen molar-refractivity contribution in [3.05, 3.63) is 6.42 Å². The maximum absolute atomic E-state index is 3.23. The highest BCUT2D eigenvalue weighted by atomic mass is 28.1. The second-order valence-electron chi connectivity index (χ2n) is 0.612. The van der Waals surface area contributed by atoms with Gasteiger partial charge in [0.15, 0.2) is 0 Å². The van der Waals surface area contributed by atoms with Gasteiger partial charge in [0.1, 0.15) is 0 Å². The molecule has 0 aliphatic heterocycles. The Bertz CT molecular complexity index is 5.25. The van der Waals surface area contributed by atoms with Gasteiger partial charge in [0, 0.05) is 0 Å². The van der Waals surface area contributed by atoms with Crippen LogP contribution in [0.1, 0.15) is 6.92 Å². The zero-order chi connectivity index (χ0) is 3.41. The molecule has 0 unspecified atom stereocenters. The van der Waals surface area contributed by atoms with Crippen molar-refractivity contribution >= 4 is 10.2 Å². The molecule has 0 aliphatic rings. The van der Waals surface area contributed by atoms with Gasteiger partial charge >= 0.3 is 0 Å². The molecule has 0 amide bonds. The van der Waals surface area contributed by atoms with Gasteiger partial charge in [-0.3, -0.25) is 0 Å². The van der Waals surface area contributed by atoms with Crippen LogP contribution in [0.25, 0.3) is 0 Å². The quantitative estimate of drug-likeness (QED) is 0.316. The lowest BCUT2D eigenvalue weighted by atomic mass is 10.6. The molecule has 0 saturated heterocycles. The molecule has 0 aliphatic carbocycles. The van der Waals surface area contributed by atoms with Crippen LogP contribution >= 0.6 is 0 Å². The van der Waals surface area contributed by atoms with Gasteiger partial charge in [-0.25, -0.2) is 0 Å². The Morgan fingerprint density at radius 3 is 2.25 bits per heavy atom. The van der Waals surface area contributed by atoms with E-state index in [1.54, 1.807) is 0 Å². The molecule has 0 bridgehead atoms. The van der Waals surface area contributed by atoms with E-state index >= 15 is 0 Å². The number of rotatable bonds is 1. The van der Waals surface area contributed by atoms with Crippen molar-refractivity contribution in [1.29, 1.82) is 0 Å². The van der Waals surface area contributed by atoms with Crippen molar-refractivity contribution < 1.29 is 0 Å². The van der Waals surface area contributed by atoms with Gasteiger partial charge in [0.05, 0.1) is 29.6 Å². The highest BCUT2D eigenvalue weighted by molar-refractivity contribution is 6.09. The predicted octanol–water partition coefficient (Wildman–Crippen LogP) is 0.797. The van der Waals surface area contributed by atoms with Gasteiger partial charge in [0.25, 0.3) is 0 Å². The average Bonchev–Trinajstić information content (AvgIpc) is 1.37.